The first-order valence-corrected chi connectivity index (χ1v) is 5.22. The Hall–Kier alpha value is -0.790. The predicted octanol–water partition coefficient (Wildman–Crippen LogP) is 4.76. The SMILES string of the molecule is Fc1cc(C(F)(F)F)c(CBr)cc1C(F)(F)F. The van der Waals surface area contributed by atoms with Crippen molar-refractivity contribution in [2.75, 3.05) is 0 Å². The van der Waals surface area contributed by atoms with E-state index >= 15 is 0 Å². The Balaban J connectivity index is 3.46. The number of benzene rings is 1. The highest BCUT2D eigenvalue weighted by Crippen LogP contribution is 2.38. The van der Waals surface area contributed by atoms with Gasteiger partial charge in [0.2, 0.25) is 0 Å². The van der Waals surface area contributed by atoms with E-state index in [1.54, 1.807) is 0 Å². The average molecular weight is 325 g/mol. The fraction of sp³-hybridized carbons (Fsp3) is 0.333. The quantitative estimate of drug-likeness (QED) is 0.516. The van der Waals surface area contributed by atoms with Gasteiger partial charge >= 0.3 is 12.4 Å². The fourth-order valence-corrected chi connectivity index (χ4v) is 1.67. The van der Waals surface area contributed by atoms with Gasteiger partial charge in [0.05, 0.1) is 11.1 Å². The van der Waals surface area contributed by atoms with Crippen molar-refractivity contribution < 1.29 is 30.7 Å². The smallest absolute Gasteiger partial charge is 0.206 e. The van der Waals surface area contributed by atoms with Gasteiger partial charge < -0.3 is 0 Å². The standard InChI is InChI=1S/C9H4BrF7/c10-3-4-1-6(9(15,16)17)7(11)2-5(4)8(12,13)14/h1-2H,3H2. The van der Waals surface area contributed by atoms with Crippen molar-refractivity contribution >= 4 is 15.9 Å². The summed E-state index contributed by atoms with van der Waals surface area (Å²) in [6.07, 6.45) is -9.92. The van der Waals surface area contributed by atoms with Crippen molar-refractivity contribution in [3.8, 4) is 0 Å². The first-order valence-electron chi connectivity index (χ1n) is 4.10. The van der Waals surface area contributed by atoms with Crippen LogP contribution in [-0.4, -0.2) is 0 Å². The lowest BCUT2D eigenvalue weighted by molar-refractivity contribution is -0.143. The molecule has 0 aromatic heterocycles. The van der Waals surface area contributed by atoms with Crippen molar-refractivity contribution in [3.63, 3.8) is 0 Å². The van der Waals surface area contributed by atoms with Crippen LogP contribution in [0.5, 0.6) is 0 Å². The van der Waals surface area contributed by atoms with Gasteiger partial charge in [-0.15, -0.1) is 0 Å². The lowest BCUT2D eigenvalue weighted by Crippen LogP contribution is -2.14. The van der Waals surface area contributed by atoms with E-state index in [9.17, 15) is 30.7 Å². The molecule has 0 saturated heterocycles. The van der Waals surface area contributed by atoms with Crippen molar-refractivity contribution in [1.82, 2.24) is 0 Å². The van der Waals surface area contributed by atoms with E-state index in [0.29, 0.717) is 0 Å². The van der Waals surface area contributed by atoms with Gasteiger partial charge in [0.25, 0.3) is 0 Å². The second-order valence-electron chi connectivity index (χ2n) is 3.12. The summed E-state index contributed by atoms with van der Waals surface area (Å²) in [5.74, 6) is -1.94. The Morgan fingerprint density at radius 2 is 1.35 bits per heavy atom. The van der Waals surface area contributed by atoms with Crippen LogP contribution in [0.4, 0.5) is 30.7 Å². The predicted molar refractivity (Wildman–Crippen MR) is 49.0 cm³/mol. The van der Waals surface area contributed by atoms with Gasteiger partial charge in [-0.1, -0.05) is 15.9 Å². The third-order valence-electron chi connectivity index (χ3n) is 1.95. The highest BCUT2D eigenvalue weighted by molar-refractivity contribution is 9.08. The molecule has 0 unspecified atom stereocenters. The Morgan fingerprint density at radius 1 is 0.882 bits per heavy atom. The molecule has 0 bridgehead atoms. The van der Waals surface area contributed by atoms with Crippen molar-refractivity contribution in [3.05, 3.63) is 34.6 Å². The topological polar surface area (TPSA) is 0 Å². The van der Waals surface area contributed by atoms with E-state index in [1.165, 1.54) is 0 Å². The van der Waals surface area contributed by atoms with E-state index in [2.05, 4.69) is 15.9 Å². The number of hydrogen-bond acceptors (Lipinski definition) is 0. The summed E-state index contributed by atoms with van der Waals surface area (Å²) in [6, 6.07) is 0.0202. The zero-order valence-electron chi connectivity index (χ0n) is 7.89. The molecular weight excluding hydrogens is 321 g/mol. The van der Waals surface area contributed by atoms with Crippen LogP contribution in [0, 0.1) is 5.82 Å². The molecule has 0 fully saturated rings. The second-order valence-corrected chi connectivity index (χ2v) is 3.68. The molecule has 0 aliphatic heterocycles. The monoisotopic (exact) mass is 324 g/mol. The highest BCUT2D eigenvalue weighted by Gasteiger charge is 2.39. The summed E-state index contributed by atoms with van der Waals surface area (Å²) >= 11 is 2.64. The van der Waals surface area contributed by atoms with Gasteiger partial charge in [-0.05, 0) is 17.7 Å². The Kier molecular flexibility index (Phi) is 3.75. The Labute approximate surface area is 99.6 Å². The molecule has 1 rings (SSSR count). The lowest BCUT2D eigenvalue weighted by atomic mass is 10.0. The molecular formula is C9H4BrF7. The average Bonchev–Trinajstić information content (AvgIpc) is 2.14. The zero-order chi connectivity index (χ0) is 13.4. The van der Waals surface area contributed by atoms with Crippen LogP contribution < -0.4 is 0 Å². The van der Waals surface area contributed by atoms with Gasteiger partial charge in [0.15, 0.2) is 0 Å². The maximum absolute atomic E-state index is 13.0. The minimum absolute atomic E-state index is 0.139. The minimum Gasteiger partial charge on any atom is -0.206 e. The zero-order valence-corrected chi connectivity index (χ0v) is 9.47. The third kappa shape index (κ3) is 3.11. The van der Waals surface area contributed by atoms with Crippen LogP contribution in [0.25, 0.3) is 0 Å². The van der Waals surface area contributed by atoms with Gasteiger partial charge in [-0.2, -0.15) is 26.3 Å². The molecule has 0 nitrogen and oxygen atoms in total. The maximum Gasteiger partial charge on any atom is 0.419 e. The molecule has 0 amide bonds. The number of rotatable bonds is 1. The Morgan fingerprint density at radius 3 is 1.71 bits per heavy atom. The summed E-state index contributed by atoms with van der Waals surface area (Å²) < 4.78 is 86.9. The van der Waals surface area contributed by atoms with Gasteiger partial charge in [-0.25, -0.2) is 4.39 Å². The molecule has 96 valence electrons. The summed E-state index contributed by atoms with van der Waals surface area (Å²) in [6.45, 7) is 0. The summed E-state index contributed by atoms with van der Waals surface area (Å²) in [5, 5.41) is -0.453. The number of halogens is 8. The van der Waals surface area contributed by atoms with E-state index in [4.69, 9.17) is 0 Å². The van der Waals surface area contributed by atoms with Crippen LogP contribution in [-0.2, 0) is 17.7 Å². The summed E-state index contributed by atoms with van der Waals surface area (Å²) in [7, 11) is 0. The van der Waals surface area contributed by atoms with Crippen LogP contribution in [0.1, 0.15) is 16.7 Å². The van der Waals surface area contributed by atoms with Gasteiger partial charge in [0.1, 0.15) is 5.82 Å². The minimum atomic E-state index is -5.02. The highest BCUT2D eigenvalue weighted by atomic mass is 79.9. The van der Waals surface area contributed by atoms with Crippen molar-refractivity contribution in [2.45, 2.75) is 17.7 Å². The molecule has 0 heterocycles. The number of hydrogen-bond donors (Lipinski definition) is 0. The Bertz CT molecular complexity index is 419. The third-order valence-corrected chi connectivity index (χ3v) is 2.55. The van der Waals surface area contributed by atoms with E-state index in [1.807, 2.05) is 0 Å². The molecule has 0 spiro atoms. The first-order chi connectivity index (χ1) is 7.57. The molecule has 1 aromatic carbocycles. The summed E-state index contributed by atoms with van der Waals surface area (Å²) in [4.78, 5) is 0. The second kappa shape index (κ2) is 4.47. The molecule has 0 N–H and O–H groups in total. The molecule has 1 aromatic rings. The number of alkyl halides is 7. The van der Waals surface area contributed by atoms with Gasteiger partial charge in [-0.3, -0.25) is 0 Å². The molecule has 17 heavy (non-hydrogen) atoms. The molecule has 0 aliphatic carbocycles. The van der Waals surface area contributed by atoms with Crippen molar-refractivity contribution in [1.29, 1.82) is 0 Å². The van der Waals surface area contributed by atoms with Crippen LogP contribution in [0.3, 0.4) is 0 Å². The van der Waals surface area contributed by atoms with E-state index < -0.39 is 40.2 Å². The normalized spacial score (nSPS) is 12.9. The maximum atomic E-state index is 13.0. The molecule has 8 heteroatoms. The molecule has 0 saturated carbocycles. The first kappa shape index (κ1) is 14.3. The largest absolute Gasteiger partial charge is 0.419 e. The summed E-state index contributed by atoms with van der Waals surface area (Å²) in [5.41, 5.74) is -3.79. The van der Waals surface area contributed by atoms with Gasteiger partial charge in [0, 0.05) is 5.33 Å². The van der Waals surface area contributed by atoms with E-state index in [-0.39, 0.29) is 12.1 Å². The van der Waals surface area contributed by atoms with Crippen LogP contribution in [0.2, 0.25) is 0 Å². The molecule has 0 radical (unpaired) electrons. The van der Waals surface area contributed by atoms with Crippen molar-refractivity contribution in [2.24, 2.45) is 0 Å². The van der Waals surface area contributed by atoms with Crippen LogP contribution in [0.15, 0.2) is 12.1 Å². The molecule has 0 atom stereocenters. The molecule has 0 aliphatic rings. The van der Waals surface area contributed by atoms with E-state index in [0.717, 1.165) is 0 Å². The van der Waals surface area contributed by atoms with Crippen LogP contribution >= 0.6 is 15.9 Å². The lowest BCUT2D eigenvalue weighted by Gasteiger charge is -2.15. The fourth-order valence-electron chi connectivity index (χ4n) is 1.21.